The summed E-state index contributed by atoms with van der Waals surface area (Å²) in [7, 11) is 0. The molecule has 0 aromatic rings. The van der Waals surface area contributed by atoms with E-state index in [0.29, 0.717) is 12.3 Å². The van der Waals surface area contributed by atoms with E-state index < -0.39 is 29.9 Å². The van der Waals surface area contributed by atoms with Crippen molar-refractivity contribution >= 4 is 17.8 Å². The van der Waals surface area contributed by atoms with Crippen LogP contribution in [0.15, 0.2) is 0 Å². The summed E-state index contributed by atoms with van der Waals surface area (Å²) in [5.41, 5.74) is 15.0. The van der Waals surface area contributed by atoms with Crippen molar-refractivity contribution in [2.45, 2.75) is 45.2 Å². The van der Waals surface area contributed by atoms with Gasteiger partial charge in [-0.2, -0.15) is 0 Å². The third-order valence-corrected chi connectivity index (χ3v) is 2.06. The first-order valence-corrected chi connectivity index (χ1v) is 5.83. The number of carbonyl (C=O) groups excluding carboxylic acids is 1. The van der Waals surface area contributed by atoms with Gasteiger partial charge in [-0.05, 0) is 18.8 Å². The Bertz CT molecular complexity index is 307. The highest BCUT2D eigenvalue weighted by Gasteiger charge is 2.12. The fraction of sp³-hybridized carbons (Fsp3) is 0.727. The molecule has 0 aliphatic heterocycles. The van der Waals surface area contributed by atoms with Gasteiger partial charge >= 0.3 is 11.9 Å². The molecule has 0 aromatic carbocycles. The Morgan fingerprint density at radius 1 is 1.00 bits per heavy atom. The maximum atomic E-state index is 10.1. The third kappa shape index (κ3) is 14.3. The lowest BCUT2D eigenvalue weighted by molar-refractivity contribution is -0.139. The minimum atomic E-state index is -1.11. The van der Waals surface area contributed by atoms with E-state index in [-0.39, 0.29) is 12.8 Å². The van der Waals surface area contributed by atoms with Gasteiger partial charge in [-0.15, -0.1) is 0 Å². The highest BCUT2D eigenvalue weighted by atomic mass is 16.4. The zero-order valence-electron chi connectivity index (χ0n) is 11.2. The number of carboxylic acids is 2. The number of aliphatic carboxylic acids is 2. The van der Waals surface area contributed by atoms with Crippen LogP contribution in [0.25, 0.3) is 0 Å². The monoisotopic (exact) mass is 277 g/mol. The molecule has 1 amide bonds. The van der Waals surface area contributed by atoms with E-state index >= 15 is 0 Å². The van der Waals surface area contributed by atoms with Gasteiger partial charge in [-0.25, -0.2) is 0 Å². The second kappa shape index (κ2) is 10.3. The second-order valence-electron chi connectivity index (χ2n) is 4.52. The van der Waals surface area contributed by atoms with Crippen molar-refractivity contribution in [1.82, 2.24) is 0 Å². The zero-order valence-corrected chi connectivity index (χ0v) is 11.2. The lowest BCUT2D eigenvalue weighted by Gasteiger charge is -2.07. The Balaban J connectivity index is 0. The molecule has 0 fully saturated rings. The summed E-state index contributed by atoms with van der Waals surface area (Å²) in [5, 5.41) is 16.5. The molecule has 0 saturated heterocycles. The average Bonchev–Trinajstić information content (AvgIpc) is 2.25. The van der Waals surface area contributed by atoms with E-state index in [1.807, 2.05) is 13.8 Å². The standard InChI is InChI=1S/C6H13NO2.C5H10N2O3/c1-4(2)3-5(7)6(8)9;6-3(5(9)10)1-2-4(7)8/h4-5H,3,7H2,1-2H3,(H,8,9);3H,1-2,6H2,(H2,7,8)(H,9,10)/t5-;3-/m00/s1. The van der Waals surface area contributed by atoms with Crippen molar-refractivity contribution in [2.75, 3.05) is 0 Å². The summed E-state index contributed by atoms with van der Waals surface area (Å²) in [5.74, 6) is -2.20. The molecule has 0 aliphatic carbocycles. The molecule has 8 N–H and O–H groups in total. The Labute approximate surface area is 111 Å². The number of hydrogen-bond donors (Lipinski definition) is 5. The van der Waals surface area contributed by atoms with Crippen LogP contribution >= 0.6 is 0 Å². The summed E-state index contributed by atoms with van der Waals surface area (Å²) in [6, 6.07) is -1.67. The second-order valence-corrected chi connectivity index (χ2v) is 4.52. The van der Waals surface area contributed by atoms with Crippen LogP contribution < -0.4 is 17.2 Å². The summed E-state index contributed by atoms with van der Waals surface area (Å²) < 4.78 is 0. The third-order valence-electron chi connectivity index (χ3n) is 2.06. The molecule has 0 aliphatic rings. The van der Waals surface area contributed by atoms with E-state index in [1.165, 1.54) is 0 Å². The quantitative estimate of drug-likeness (QED) is 0.401. The van der Waals surface area contributed by atoms with E-state index in [0.717, 1.165) is 0 Å². The fourth-order valence-corrected chi connectivity index (χ4v) is 1.03. The van der Waals surface area contributed by atoms with Gasteiger partial charge in [-0.3, -0.25) is 14.4 Å². The van der Waals surface area contributed by atoms with Gasteiger partial charge in [0.25, 0.3) is 0 Å². The van der Waals surface area contributed by atoms with E-state index in [1.54, 1.807) is 0 Å². The van der Waals surface area contributed by atoms with E-state index in [9.17, 15) is 14.4 Å². The number of primary amides is 1. The molecule has 0 saturated carbocycles. The van der Waals surface area contributed by atoms with Crippen molar-refractivity contribution in [3.05, 3.63) is 0 Å². The van der Waals surface area contributed by atoms with Crippen LogP contribution in [0.5, 0.6) is 0 Å². The molecule has 2 atom stereocenters. The van der Waals surface area contributed by atoms with Crippen molar-refractivity contribution in [1.29, 1.82) is 0 Å². The Kier molecular flexibility index (Phi) is 10.6. The van der Waals surface area contributed by atoms with Crippen molar-refractivity contribution in [2.24, 2.45) is 23.1 Å². The molecular weight excluding hydrogens is 254 g/mol. The molecule has 0 rings (SSSR count). The maximum absolute atomic E-state index is 10.1. The summed E-state index contributed by atoms with van der Waals surface area (Å²) in [6.07, 6.45) is 0.674. The fourth-order valence-electron chi connectivity index (χ4n) is 1.03. The van der Waals surface area contributed by atoms with Gasteiger partial charge in [0.1, 0.15) is 12.1 Å². The lowest BCUT2D eigenvalue weighted by Crippen LogP contribution is -2.31. The smallest absolute Gasteiger partial charge is 0.320 e. The molecule has 0 radical (unpaired) electrons. The molecule has 112 valence electrons. The first kappa shape index (κ1) is 19.7. The number of nitrogens with two attached hydrogens (primary N) is 3. The van der Waals surface area contributed by atoms with Crippen molar-refractivity contribution in [3.63, 3.8) is 0 Å². The topological polar surface area (TPSA) is 170 Å². The first-order chi connectivity index (χ1) is 8.57. The molecule has 19 heavy (non-hydrogen) atoms. The molecule has 8 heteroatoms. The Morgan fingerprint density at radius 2 is 1.42 bits per heavy atom. The Morgan fingerprint density at radius 3 is 1.63 bits per heavy atom. The number of hydrogen-bond acceptors (Lipinski definition) is 5. The Hall–Kier alpha value is -1.67. The van der Waals surface area contributed by atoms with Gasteiger partial charge in [0.15, 0.2) is 0 Å². The predicted octanol–water partition coefficient (Wildman–Crippen LogP) is -0.892. The normalized spacial score (nSPS) is 13.1. The van der Waals surface area contributed by atoms with Crippen LogP contribution in [0.4, 0.5) is 0 Å². The largest absolute Gasteiger partial charge is 0.480 e. The average molecular weight is 277 g/mol. The minimum absolute atomic E-state index is 0.0213. The highest BCUT2D eigenvalue weighted by molar-refractivity contribution is 5.77. The van der Waals surface area contributed by atoms with E-state index in [4.69, 9.17) is 27.4 Å². The van der Waals surface area contributed by atoms with Crippen LogP contribution in [-0.2, 0) is 14.4 Å². The van der Waals surface area contributed by atoms with Crippen LogP contribution in [-0.4, -0.2) is 40.1 Å². The SMILES string of the molecule is CC(C)C[C@H](N)C(=O)O.NC(=O)CC[C@H](N)C(=O)O. The number of amides is 1. The predicted molar refractivity (Wildman–Crippen MR) is 69.1 cm³/mol. The molecule has 0 spiro atoms. The summed E-state index contributed by atoms with van der Waals surface area (Å²) >= 11 is 0. The lowest BCUT2D eigenvalue weighted by atomic mass is 10.1. The van der Waals surface area contributed by atoms with Crippen molar-refractivity contribution in [3.8, 4) is 0 Å². The van der Waals surface area contributed by atoms with Crippen LogP contribution in [0.3, 0.4) is 0 Å². The molecule has 0 aromatic heterocycles. The zero-order chi connectivity index (χ0) is 15.6. The maximum Gasteiger partial charge on any atom is 0.320 e. The van der Waals surface area contributed by atoms with Crippen LogP contribution in [0, 0.1) is 5.92 Å². The van der Waals surface area contributed by atoms with Gasteiger partial charge in [0.2, 0.25) is 5.91 Å². The summed E-state index contributed by atoms with van der Waals surface area (Å²) in [6.45, 7) is 3.89. The molecule has 0 unspecified atom stereocenters. The summed E-state index contributed by atoms with van der Waals surface area (Å²) in [4.78, 5) is 30.2. The molecular formula is C11H23N3O5. The van der Waals surface area contributed by atoms with Crippen molar-refractivity contribution < 1.29 is 24.6 Å². The number of rotatable bonds is 7. The van der Waals surface area contributed by atoms with Crippen LogP contribution in [0.1, 0.15) is 33.1 Å². The van der Waals surface area contributed by atoms with Gasteiger partial charge < -0.3 is 27.4 Å². The first-order valence-electron chi connectivity index (χ1n) is 5.83. The van der Waals surface area contributed by atoms with E-state index in [2.05, 4.69) is 0 Å². The molecule has 8 nitrogen and oxygen atoms in total. The van der Waals surface area contributed by atoms with Gasteiger partial charge in [-0.1, -0.05) is 13.8 Å². The minimum Gasteiger partial charge on any atom is -0.480 e. The van der Waals surface area contributed by atoms with Gasteiger partial charge in [0, 0.05) is 6.42 Å². The highest BCUT2D eigenvalue weighted by Crippen LogP contribution is 2.01. The molecule has 0 heterocycles. The van der Waals surface area contributed by atoms with Crippen LogP contribution in [0.2, 0.25) is 0 Å². The number of carboxylic acid groups (broad SMARTS) is 2. The van der Waals surface area contributed by atoms with Gasteiger partial charge in [0.05, 0.1) is 0 Å². The number of carbonyl (C=O) groups is 3. The molecule has 0 bridgehead atoms.